The van der Waals surface area contributed by atoms with Crippen molar-refractivity contribution >= 4 is 17.2 Å². The summed E-state index contributed by atoms with van der Waals surface area (Å²) < 4.78 is 16.1. The van der Waals surface area contributed by atoms with E-state index in [9.17, 15) is 9.18 Å². The minimum atomic E-state index is -0.532. The molecule has 0 bridgehead atoms. The molecule has 3 aromatic heterocycles. The number of primary amides is 1. The van der Waals surface area contributed by atoms with Crippen molar-refractivity contribution in [3.63, 3.8) is 0 Å². The van der Waals surface area contributed by atoms with E-state index >= 15 is 0 Å². The first-order chi connectivity index (χ1) is 13.5. The number of halogens is 1. The Morgan fingerprint density at radius 2 is 2.07 bits per heavy atom. The summed E-state index contributed by atoms with van der Waals surface area (Å²) >= 11 is 1.42. The lowest BCUT2D eigenvalue weighted by atomic mass is 10.2. The Hall–Kier alpha value is -3.39. The van der Waals surface area contributed by atoms with Gasteiger partial charge in [-0.3, -0.25) is 14.8 Å². The number of nitrogens with two attached hydrogens (primary N) is 1. The van der Waals surface area contributed by atoms with Crippen LogP contribution in [0.3, 0.4) is 0 Å². The number of hydrogen-bond acceptors (Lipinski definition) is 5. The highest BCUT2D eigenvalue weighted by atomic mass is 32.1. The van der Waals surface area contributed by atoms with Gasteiger partial charge in [0.05, 0.1) is 29.7 Å². The van der Waals surface area contributed by atoms with Crippen LogP contribution in [0.1, 0.15) is 21.6 Å². The zero-order valence-electron chi connectivity index (χ0n) is 15.0. The highest BCUT2D eigenvalue weighted by Gasteiger charge is 2.20. The predicted molar refractivity (Wildman–Crippen MR) is 105 cm³/mol. The van der Waals surface area contributed by atoms with E-state index in [0.29, 0.717) is 38.9 Å². The fraction of sp³-hybridized carbons (Fsp3) is 0.100. The van der Waals surface area contributed by atoms with Gasteiger partial charge in [-0.1, -0.05) is 18.2 Å². The number of amides is 1. The first-order valence-electron chi connectivity index (χ1n) is 8.50. The number of hydrogen-bond donors (Lipinski definition) is 1. The van der Waals surface area contributed by atoms with Crippen LogP contribution in [0.4, 0.5) is 4.39 Å². The molecule has 0 saturated carbocycles. The number of rotatable bonds is 5. The predicted octanol–water partition coefficient (Wildman–Crippen LogP) is 3.66. The van der Waals surface area contributed by atoms with Gasteiger partial charge in [-0.2, -0.15) is 0 Å². The van der Waals surface area contributed by atoms with Crippen molar-refractivity contribution in [1.82, 2.24) is 19.5 Å². The first kappa shape index (κ1) is 18.0. The van der Waals surface area contributed by atoms with Crippen molar-refractivity contribution in [2.75, 3.05) is 0 Å². The fourth-order valence-electron chi connectivity index (χ4n) is 3.03. The van der Waals surface area contributed by atoms with Gasteiger partial charge in [0.2, 0.25) is 0 Å². The molecule has 4 rings (SSSR count). The lowest BCUT2D eigenvalue weighted by Gasteiger charge is -2.11. The molecule has 0 fully saturated rings. The maximum Gasteiger partial charge on any atom is 0.250 e. The second-order valence-corrected chi connectivity index (χ2v) is 7.06. The number of benzene rings is 1. The number of carbonyl (C=O) groups is 1. The van der Waals surface area contributed by atoms with E-state index in [-0.39, 0.29) is 12.4 Å². The van der Waals surface area contributed by atoms with Crippen LogP contribution in [-0.2, 0) is 6.54 Å². The van der Waals surface area contributed by atoms with Crippen LogP contribution in [0, 0.1) is 12.7 Å². The molecule has 3 heterocycles. The Bertz CT molecular complexity index is 1150. The maximum atomic E-state index is 14.2. The smallest absolute Gasteiger partial charge is 0.250 e. The lowest BCUT2D eigenvalue weighted by molar-refractivity contribution is 0.0999. The number of aromatic nitrogens is 4. The van der Waals surface area contributed by atoms with Crippen LogP contribution in [-0.4, -0.2) is 25.4 Å². The first-order valence-corrected chi connectivity index (χ1v) is 9.38. The molecule has 0 radical (unpaired) electrons. The van der Waals surface area contributed by atoms with E-state index in [2.05, 4.69) is 15.0 Å². The molecule has 0 aliphatic rings. The fourth-order valence-corrected chi connectivity index (χ4v) is 3.80. The Kier molecular flexibility index (Phi) is 4.70. The molecule has 0 saturated heterocycles. The Morgan fingerprint density at radius 1 is 1.25 bits per heavy atom. The number of carbonyl (C=O) groups excluding carboxylic acids is 1. The van der Waals surface area contributed by atoms with Crippen LogP contribution in [0.15, 0.2) is 54.3 Å². The molecule has 0 spiro atoms. The Labute approximate surface area is 164 Å². The SMILES string of the molecule is Cc1c(C(N)=O)cc(-c2csc(-c3cnccn3)n2)n1Cc1ccccc1F. The van der Waals surface area contributed by atoms with E-state index in [1.807, 2.05) is 9.95 Å². The van der Waals surface area contributed by atoms with Crippen LogP contribution in [0.5, 0.6) is 0 Å². The standard InChI is InChI=1S/C20H16FN5OS/c1-12-14(19(22)27)8-18(26(12)10-13-4-2-3-5-15(13)21)17-11-28-20(25-17)16-9-23-6-7-24-16/h2-9,11H,10H2,1H3,(H2,22,27). The van der Waals surface area contributed by atoms with Crippen molar-refractivity contribution < 1.29 is 9.18 Å². The van der Waals surface area contributed by atoms with Crippen LogP contribution in [0.25, 0.3) is 22.1 Å². The van der Waals surface area contributed by atoms with Crippen molar-refractivity contribution in [3.05, 3.63) is 76.9 Å². The summed E-state index contributed by atoms with van der Waals surface area (Å²) in [5.74, 6) is -0.837. The van der Waals surface area contributed by atoms with Gasteiger partial charge in [-0.25, -0.2) is 9.37 Å². The molecule has 28 heavy (non-hydrogen) atoms. The molecule has 0 aliphatic carbocycles. The van der Waals surface area contributed by atoms with E-state index in [1.54, 1.807) is 49.8 Å². The normalized spacial score (nSPS) is 10.9. The quantitative estimate of drug-likeness (QED) is 0.561. The van der Waals surface area contributed by atoms with Crippen LogP contribution < -0.4 is 5.73 Å². The summed E-state index contributed by atoms with van der Waals surface area (Å²) in [6.45, 7) is 2.06. The summed E-state index contributed by atoms with van der Waals surface area (Å²) in [5, 5.41) is 2.58. The number of thiazole rings is 1. The van der Waals surface area contributed by atoms with Gasteiger partial charge in [-0.05, 0) is 19.1 Å². The third-order valence-electron chi connectivity index (χ3n) is 4.47. The van der Waals surface area contributed by atoms with Crippen LogP contribution in [0.2, 0.25) is 0 Å². The van der Waals surface area contributed by atoms with E-state index < -0.39 is 5.91 Å². The van der Waals surface area contributed by atoms with Crippen LogP contribution >= 0.6 is 11.3 Å². The van der Waals surface area contributed by atoms with Gasteiger partial charge in [0, 0.05) is 29.0 Å². The van der Waals surface area contributed by atoms with Gasteiger partial charge >= 0.3 is 0 Å². The minimum absolute atomic E-state index is 0.263. The molecule has 140 valence electrons. The van der Waals surface area contributed by atoms with Gasteiger partial charge in [0.15, 0.2) is 0 Å². The lowest BCUT2D eigenvalue weighted by Crippen LogP contribution is -2.13. The Balaban J connectivity index is 1.81. The van der Waals surface area contributed by atoms with E-state index in [1.165, 1.54) is 17.4 Å². The summed E-state index contributed by atoms with van der Waals surface area (Å²) in [7, 11) is 0. The van der Waals surface area contributed by atoms with Crippen molar-refractivity contribution in [3.8, 4) is 22.1 Å². The topological polar surface area (TPSA) is 86.7 Å². The third kappa shape index (κ3) is 3.29. The van der Waals surface area contributed by atoms with Gasteiger partial charge < -0.3 is 10.3 Å². The average Bonchev–Trinajstić information content (AvgIpc) is 3.30. The average molecular weight is 393 g/mol. The summed E-state index contributed by atoms with van der Waals surface area (Å²) in [4.78, 5) is 24.8. The molecule has 8 heteroatoms. The summed E-state index contributed by atoms with van der Waals surface area (Å²) in [6.07, 6.45) is 4.84. The number of nitrogens with zero attached hydrogens (tertiary/aromatic N) is 4. The minimum Gasteiger partial charge on any atom is -0.366 e. The van der Waals surface area contributed by atoms with Gasteiger partial charge in [0.1, 0.15) is 16.5 Å². The molecule has 6 nitrogen and oxygen atoms in total. The van der Waals surface area contributed by atoms with Gasteiger partial charge in [-0.15, -0.1) is 11.3 Å². The maximum absolute atomic E-state index is 14.2. The summed E-state index contributed by atoms with van der Waals surface area (Å²) in [5.41, 5.74) is 9.13. The molecule has 0 aliphatic heterocycles. The highest BCUT2D eigenvalue weighted by molar-refractivity contribution is 7.13. The van der Waals surface area contributed by atoms with Gasteiger partial charge in [0.25, 0.3) is 5.91 Å². The second-order valence-electron chi connectivity index (χ2n) is 6.20. The molecule has 1 aromatic carbocycles. The van der Waals surface area contributed by atoms with Crippen molar-refractivity contribution in [2.24, 2.45) is 5.73 Å². The van der Waals surface area contributed by atoms with E-state index in [0.717, 1.165) is 0 Å². The Morgan fingerprint density at radius 3 is 2.79 bits per heavy atom. The van der Waals surface area contributed by atoms with Crippen molar-refractivity contribution in [1.29, 1.82) is 0 Å². The highest BCUT2D eigenvalue weighted by Crippen LogP contribution is 2.31. The monoisotopic (exact) mass is 393 g/mol. The molecule has 0 unspecified atom stereocenters. The molecular formula is C20H16FN5OS. The molecular weight excluding hydrogens is 377 g/mol. The summed E-state index contributed by atoms with van der Waals surface area (Å²) in [6, 6.07) is 8.26. The third-order valence-corrected chi connectivity index (χ3v) is 5.33. The molecule has 4 aromatic rings. The van der Waals surface area contributed by atoms with E-state index in [4.69, 9.17) is 5.73 Å². The zero-order chi connectivity index (χ0) is 19.7. The molecule has 1 amide bonds. The zero-order valence-corrected chi connectivity index (χ0v) is 15.8. The molecule has 2 N–H and O–H groups in total. The second kappa shape index (κ2) is 7.32. The largest absolute Gasteiger partial charge is 0.366 e. The van der Waals surface area contributed by atoms with Crippen molar-refractivity contribution in [2.45, 2.75) is 13.5 Å². The molecule has 0 atom stereocenters.